The van der Waals surface area contributed by atoms with Crippen molar-refractivity contribution >= 4 is 32.7 Å². The van der Waals surface area contributed by atoms with Gasteiger partial charge in [0.15, 0.2) is 0 Å². The average molecular weight is 336 g/mol. The van der Waals surface area contributed by atoms with Crippen molar-refractivity contribution in [2.45, 2.75) is 23.8 Å². The minimum Gasteiger partial charge on any atom is -0.480 e. The topological polar surface area (TPSA) is 127 Å². The molecule has 0 radical (unpaired) electrons. The van der Waals surface area contributed by atoms with Gasteiger partial charge in [0.25, 0.3) is 0 Å². The molecule has 0 saturated heterocycles. The van der Waals surface area contributed by atoms with Crippen LogP contribution >= 0.6 is 0 Å². The zero-order valence-corrected chi connectivity index (χ0v) is 12.9. The molecule has 122 valence electrons. The quantitative estimate of drug-likeness (QED) is 0.690. The van der Waals surface area contributed by atoms with E-state index < -0.39 is 27.9 Å². The first-order chi connectivity index (χ1) is 10.8. The highest BCUT2D eigenvalue weighted by Crippen LogP contribution is 2.23. The second kappa shape index (κ2) is 6.76. The minimum atomic E-state index is -4.06. The highest BCUT2D eigenvalue weighted by Gasteiger charge is 2.26. The van der Waals surface area contributed by atoms with Gasteiger partial charge in [-0.25, -0.2) is 8.42 Å². The van der Waals surface area contributed by atoms with Crippen LogP contribution in [-0.2, 0) is 19.6 Å². The van der Waals surface area contributed by atoms with E-state index in [2.05, 4.69) is 4.72 Å². The number of carbonyl (C=O) groups excluding carboxylic acids is 1. The first-order valence-electron chi connectivity index (χ1n) is 6.82. The number of primary amides is 1. The molecule has 0 aromatic heterocycles. The van der Waals surface area contributed by atoms with Crippen molar-refractivity contribution in [3.8, 4) is 0 Å². The normalized spacial score (nSPS) is 12.9. The van der Waals surface area contributed by atoms with Gasteiger partial charge in [-0.05, 0) is 17.9 Å². The summed E-state index contributed by atoms with van der Waals surface area (Å²) in [5.74, 6) is -2.06. The molecule has 2 aromatic rings. The zero-order valence-electron chi connectivity index (χ0n) is 12.1. The fourth-order valence-corrected chi connectivity index (χ4v) is 3.65. The monoisotopic (exact) mass is 336 g/mol. The Bertz CT molecular complexity index is 843. The van der Waals surface area contributed by atoms with Crippen LogP contribution in [0.5, 0.6) is 0 Å². The number of sulfonamides is 1. The molecule has 2 rings (SSSR count). The Labute approximate surface area is 133 Å². The molecule has 23 heavy (non-hydrogen) atoms. The Hall–Kier alpha value is -2.45. The summed E-state index contributed by atoms with van der Waals surface area (Å²) in [5, 5.41) is 10.3. The Morgan fingerprint density at radius 1 is 1.13 bits per heavy atom. The average Bonchev–Trinajstić information content (AvgIpc) is 2.50. The van der Waals surface area contributed by atoms with E-state index in [0.29, 0.717) is 5.39 Å². The lowest BCUT2D eigenvalue weighted by Gasteiger charge is -2.15. The summed E-state index contributed by atoms with van der Waals surface area (Å²) >= 11 is 0. The number of rotatable bonds is 7. The number of carboxylic acids is 1. The van der Waals surface area contributed by atoms with Crippen LogP contribution < -0.4 is 10.5 Å². The maximum Gasteiger partial charge on any atom is 0.321 e. The Kier molecular flexibility index (Phi) is 4.97. The Balaban J connectivity index is 2.36. The van der Waals surface area contributed by atoms with Crippen molar-refractivity contribution in [2.75, 3.05) is 0 Å². The lowest BCUT2D eigenvalue weighted by molar-refractivity contribution is -0.139. The molecule has 0 fully saturated rings. The maximum absolute atomic E-state index is 12.5. The summed E-state index contributed by atoms with van der Waals surface area (Å²) in [6.07, 6.45) is -0.441. The maximum atomic E-state index is 12.5. The van der Waals surface area contributed by atoms with Gasteiger partial charge in [0.05, 0.1) is 4.90 Å². The van der Waals surface area contributed by atoms with Crippen LogP contribution in [0.2, 0.25) is 0 Å². The molecule has 0 saturated carbocycles. The molecule has 1 amide bonds. The Morgan fingerprint density at radius 3 is 2.43 bits per heavy atom. The molecule has 0 bridgehead atoms. The fraction of sp³-hybridized carbons (Fsp3) is 0.200. The van der Waals surface area contributed by atoms with E-state index in [4.69, 9.17) is 10.8 Å². The highest BCUT2D eigenvalue weighted by molar-refractivity contribution is 7.89. The number of amides is 1. The van der Waals surface area contributed by atoms with Crippen molar-refractivity contribution < 1.29 is 23.1 Å². The van der Waals surface area contributed by atoms with Gasteiger partial charge in [-0.1, -0.05) is 36.4 Å². The van der Waals surface area contributed by atoms with Crippen LogP contribution in [0.25, 0.3) is 10.8 Å². The third-order valence-electron chi connectivity index (χ3n) is 3.31. The molecular weight excluding hydrogens is 320 g/mol. The van der Waals surface area contributed by atoms with Gasteiger partial charge in [0.1, 0.15) is 6.04 Å². The fourth-order valence-electron chi connectivity index (χ4n) is 2.20. The summed E-state index contributed by atoms with van der Waals surface area (Å²) in [6.45, 7) is 0. The number of fused-ring (bicyclic) bond motifs is 1. The van der Waals surface area contributed by atoms with E-state index in [1.807, 2.05) is 0 Å². The van der Waals surface area contributed by atoms with Crippen molar-refractivity contribution in [3.63, 3.8) is 0 Å². The van der Waals surface area contributed by atoms with Gasteiger partial charge in [0.2, 0.25) is 15.9 Å². The number of carboxylic acid groups (broad SMARTS) is 1. The molecule has 2 aromatic carbocycles. The SMILES string of the molecule is NC(=O)CC[C@H](NS(=O)(=O)c1cccc2ccccc12)C(=O)O. The second-order valence-electron chi connectivity index (χ2n) is 4.99. The number of aliphatic carboxylic acids is 1. The van der Waals surface area contributed by atoms with Crippen molar-refractivity contribution in [1.29, 1.82) is 0 Å². The van der Waals surface area contributed by atoms with E-state index in [-0.39, 0.29) is 17.7 Å². The van der Waals surface area contributed by atoms with Gasteiger partial charge >= 0.3 is 5.97 Å². The number of hydrogen-bond acceptors (Lipinski definition) is 4. The molecule has 0 aliphatic carbocycles. The predicted octanol–water partition coefficient (Wildman–Crippen LogP) is 0.837. The number of nitrogens with two attached hydrogens (primary N) is 1. The molecule has 7 nitrogen and oxygen atoms in total. The van der Waals surface area contributed by atoms with Gasteiger partial charge < -0.3 is 10.8 Å². The van der Waals surface area contributed by atoms with Crippen LogP contribution in [-0.4, -0.2) is 31.4 Å². The molecule has 0 spiro atoms. The van der Waals surface area contributed by atoms with Gasteiger partial charge in [0, 0.05) is 11.8 Å². The van der Waals surface area contributed by atoms with Crippen molar-refractivity contribution in [2.24, 2.45) is 5.73 Å². The second-order valence-corrected chi connectivity index (χ2v) is 6.68. The number of nitrogens with one attached hydrogen (secondary N) is 1. The third-order valence-corrected chi connectivity index (χ3v) is 4.84. The van der Waals surface area contributed by atoms with Gasteiger partial charge in [-0.15, -0.1) is 0 Å². The molecule has 4 N–H and O–H groups in total. The zero-order chi connectivity index (χ0) is 17.0. The van der Waals surface area contributed by atoms with Crippen LogP contribution in [0.15, 0.2) is 47.4 Å². The summed E-state index contributed by atoms with van der Waals surface area (Å²) < 4.78 is 27.2. The molecule has 1 atom stereocenters. The first kappa shape index (κ1) is 16.9. The van der Waals surface area contributed by atoms with Crippen LogP contribution in [0, 0.1) is 0 Å². The number of hydrogen-bond donors (Lipinski definition) is 3. The molecule has 0 heterocycles. The molecule has 0 aliphatic rings. The lowest BCUT2D eigenvalue weighted by atomic mass is 10.1. The van der Waals surface area contributed by atoms with Crippen LogP contribution in [0.4, 0.5) is 0 Å². The molecule has 0 aliphatic heterocycles. The van der Waals surface area contributed by atoms with Gasteiger partial charge in [-0.2, -0.15) is 4.72 Å². The summed E-state index contributed by atoms with van der Waals surface area (Å²) in [7, 11) is -4.06. The largest absolute Gasteiger partial charge is 0.480 e. The lowest BCUT2D eigenvalue weighted by Crippen LogP contribution is -2.41. The summed E-state index contributed by atoms with van der Waals surface area (Å²) in [5.41, 5.74) is 4.98. The predicted molar refractivity (Wildman–Crippen MR) is 84.1 cm³/mol. The standard InChI is InChI=1S/C15H16N2O5S/c16-14(18)9-8-12(15(19)20)17-23(21,22)13-7-3-5-10-4-1-2-6-11(10)13/h1-7,12,17H,8-9H2,(H2,16,18)(H,19,20)/t12-/m0/s1. The summed E-state index contributed by atoms with van der Waals surface area (Å²) in [6, 6.07) is 10.2. The minimum absolute atomic E-state index is 0.0130. The molecule has 0 unspecified atom stereocenters. The van der Waals surface area contributed by atoms with E-state index in [9.17, 15) is 18.0 Å². The number of carbonyl (C=O) groups is 2. The molecular formula is C15H16N2O5S. The van der Waals surface area contributed by atoms with E-state index >= 15 is 0 Å². The molecule has 8 heteroatoms. The highest BCUT2D eigenvalue weighted by atomic mass is 32.2. The van der Waals surface area contributed by atoms with Crippen molar-refractivity contribution in [1.82, 2.24) is 4.72 Å². The van der Waals surface area contributed by atoms with E-state index in [1.54, 1.807) is 36.4 Å². The van der Waals surface area contributed by atoms with Crippen LogP contribution in [0.3, 0.4) is 0 Å². The van der Waals surface area contributed by atoms with E-state index in [0.717, 1.165) is 5.39 Å². The first-order valence-corrected chi connectivity index (χ1v) is 8.31. The number of benzene rings is 2. The summed E-state index contributed by atoms with van der Waals surface area (Å²) in [4.78, 5) is 22.0. The Morgan fingerprint density at radius 2 is 1.78 bits per heavy atom. The smallest absolute Gasteiger partial charge is 0.321 e. The van der Waals surface area contributed by atoms with E-state index in [1.165, 1.54) is 6.07 Å². The third kappa shape index (κ3) is 4.05. The van der Waals surface area contributed by atoms with Crippen molar-refractivity contribution in [3.05, 3.63) is 42.5 Å². The van der Waals surface area contributed by atoms with Gasteiger partial charge in [-0.3, -0.25) is 9.59 Å². The van der Waals surface area contributed by atoms with Crippen LogP contribution in [0.1, 0.15) is 12.8 Å².